The Balaban J connectivity index is 1.31. The topological polar surface area (TPSA) is 115 Å². The van der Waals surface area contributed by atoms with Gasteiger partial charge in [0.1, 0.15) is 0 Å². The first-order valence-electron chi connectivity index (χ1n) is 11.0. The highest BCUT2D eigenvalue weighted by Gasteiger charge is 2.27. The lowest BCUT2D eigenvalue weighted by molar-refractivity contribution is 0.346. The molecule has 1 saturated heterocycles. The summed E-state index contributed by atoms with van der Waals surface area (Å²) in [5.41, 5.74) is 1.40. The van der Waals surface area contributed by atoms with E-state index in [0.717, 1.165) is 24.8 Å². The van der Waals surface area contributed by atoms with E-state index >= 15 is 0 Å². The predicted molar refractivity (Wildman–Crippen MR) is 126 cm³/mol. The number of piperidine rings is 1. The Morgan fingerprint density at radius 3 is 2.35 bits per heavy atom. The molecule has 9 nitrogen and oxygen atoms in total. The van der Waals surface area contributed by atoms with Crippen molar-refractivity contribution in [1.82, 2.24) is 24.7 Å². The molecule has 1 unspecified atom stereocenters. The second-order valence-electron chi connectivity index (χ2n) is 7.94. The summed E-state index contributed by atoms with van der Waals surface area (Å²) < 4.78 is 39.2. The van der Waals surface area contributed by atoms with Gasteiger partial charge < -0.3 is 8.83 Å². The van der Waals surface area contributed by atoms with Crippen LogP contribution in [-0.2, 0) is 10.0 Å². The first-order chi connectivity index (χ1) is 16.5. The van der Waals surface area contributed by atoms with Crippen molar-refractivity contribution in [3.05, 3.63) is 60.5 Å². The summed E-state index contributed by atoms with van der Waals surface area (Å²) in [5, 5.41) is 16.6. The van der Waals surface area contributed by atoms with Crippen molar-refractivity contribution in [2.24, 2.45) is 0 Å². The Morgan fingerprint density at radius 1 is 0.853 bits per heavy atom. The summed E-state index contributed by atoms with van der Waals surface area (Å²) in [6.07, 6.45) is 2.83. The van der Waals surface area contributed by atoms with Crippen LogP contribution in [0.5, 0.6) is 0 Å². The van der Waals surface area contributed by atoms with E-state index in [4.69, 9.17) is 8.83 Å². The Hall–Kier alpha value is -3.02. The third-order valence-corrected chi connectivity index (χ3v) is 8.34. The maximum Gasteiger partial charge on any atom is 0.277 e. The van der Waals surface area contributed by atoms with Gasteiger partial charge in [0.05, 0.1) is 10.1 Å². The van der Waals surface area contributed by atoms with Gasteiger partial charge in [0.15, 0.2) is 0 Å². The van der Waals surface area contributed by atoms with Crippen LogP contribution in [0.25, 0.3) is 22.9 Å². The first kappa shape index (κ1) is 22.8. The normalized spacial score (nSPS) is 15.9. The van der Waals surface area contributed by atoms with Gasteiger partial charge >= 0.3 is 0 Å². The molecule has 1 aliphatic heterocycles. The molecule has 176 valence electrons. The van der Waals surface area contributed by atoms with Crippen LogP contribution in [-0.4, -0.2) is 46.2 Å². The summed E-state index contributed by atoms with van der Waals surface area (Å²) in [6, 6.07) is 16.2. The third kappa shape index (κ3) is 4.77. The maximum atomic E-state index is 13.0. The smallest absolute Gasteiger partial charge is 0.277 e. The van der Waals surface area contributed by atoms with Gasteiger partial charge in [0.25, 0.3) is 5.22 Å². The number of rotatable bonds is 7. The van der Waals surface area contributed by atoms with Crippen molar-refractivity contribution in [3.63, 3.8) is 0 Å². The molecule has 0 amide bonds. The lowest BCUT2D eigenvalue weighted by Crippen LogP contribution is -2.35. The zero-order valence-electron chi connectivity index (χ0n) is 18.5. The van der Waals surface area contributed by atoms with Gasteiger partial charge in [0, 0.05) is 24.2 Å². The number of hydrogen-bond acceptors (Lipinski definition) is 9. The molecule has 1 atom stereocenters. The van der Waals surface area contributed by atoms with Crippen LogP contribution in [0.2, 0.25) is 0 Å². The van der Waals surface area contributed by atoms with Gasteiger partial charge in [-0.15, -0.1) is 20.4 Å². The molecule has 5 rings (SSSR count). The molecule has 3 heterocycles. The Bertz CT molecular complexity index is 1360. The third-order valence-electron chi connectivity index (χ3n) is 5.53. The van der Waals surface area contributed by atoms with Crippen molar-refractivity contribution < 1.29 is 17.3 Å². The van der Waals surface area contributed by atoms with Gasteiger partial charge in [-0.2, -0.15) is 4.31 Å². The minimum atomic E-state index is -3.55. The highest BCUT2D eigenvalue weighted by Crippen LogP contribution is 2.36. The van der Waals surface area contributed by atoms with Crippen LogP contribution < -0.4 is 0 Å². The summed E-state index contributed by atoms with van der Waals surface area (Å²) in [7, 11) is -3.55. The number of benzene rings is 2. The second kappa shape index (κ2) is 9.69. The highest BCUT2D eigenvalue weighted by atomic mass is 32.2. The van der Waals surface area contributed by atoms with Crippen LogP contribution in [0.1, 0.15) is 37.3 Å². The summed E-state index contributed by atoms with van der Waals surface area (Å²) in [4.78, 5) is 0.229. The van der Waals surface area contributed by atoms with E-state index in [2.05, 4.69) is 20.4 Å². The van der Waals surface area contributed by atoms with Crippen molar-refractivity contribution in [3.8, 4) is 22.9 Å². The quantitative estimate of drug-likeness (QED) is 0.332. The molecule has 2 aromatic carbocycles. The van der Waals surface area contributed by atoms with Crippen LogP contribution >= 0.6 is 11.8 Å². The number of thioether (sulfide) groups is 1. The van der Waals surface area contributed by atoms with Crippen LogP contribution in [0.15, 0.2) is 73.5 Å². The van der Waals surface area contributed by atoms with Crippen LogP contribution in [0.3, 0.4) is 0 Å². The number of sulfonamides is 1. The van der Waals surface area contributed by atoms with E-state index in [9.17, 15) is 8.42 Å². The fourth-order valence-electron chi connectivity index (χ4n) is 3.72. The van der Waals surface area contributed by atoms with Crippen LogP contribution in [0, 0.1) is 0 Å². The molecule has 0 radical (unpaired) electrons. The highest BCUT2D eigenvalue weighted by molar-refractivity contribution is 7.99. The largest absolute Gasteiger partial charge is 0.419 e. The standard InChI is InChI=1S/C23H23N5O4S2/c1-16(20-24-25-21(31-20)17-9-4-2-5-10-17)33-23-27-26-22(32-23)18-11-8-12-19(15-18)34(29,30)28-13-6-3-7-14-28/h2,4-5,8-12,15-16H,3,6-7,13-14H2,1H3. The average Bonchev–Trinajstić information content (AvgIpc) is 3.56. The van der Waals surface area contributed by atoms with Gasteiger partial charge in [-0.3, -0.25) is 0 Å². The van der Waals surface area contributed by atoms with Crippen molar-refractivity contribution >= 4 is 21.8 Å². The van der Waals surface area contributed by atoms with Gasteiger partial charge in [-0.05, 0) is 50.1 Å². The number of hydrogen-bond donors (Lipinski definition) is 0. The minimum Gasteiger partial charge on any atom is -0.419 e. The molecule has 0 aliphatic carbocycles. The molecule has 4 aromatic rings. The van der Waals surface area contributed by atoms with Crippen molar-refractivity contribution in [2.45, 2.75) is 41.6 Å². The zero-order valence-corrected chi connectivity index (χ0v) is 20.1. The maximum absolute atomic E-state index is 13.0. The Morgan fingerprint density at radius 2 is 1.56 bits per heavy atom. The molecule has 11 heteroatoms. The zero-order chi connectivity index (χ0) is 23.5. The summed E-state index contributed by atoms with van der Waals surface area (Å²) in [5.74, 6) is 1.14. The lowest BCUT2D eigenvalue weighted by atomic mass is 10.2. The van der Waals surface area contributed by atoms with E-state index in [1.54, 1.807) is 28.6 Å². The fourth-order valence-corrected chi connectivity index (χ4v) is 5.99. The van der Waals surface area contributed by atoms with E-state index in [-0.39, 0.29) is 16.0 Å². The van der Waals surface area contributed by atoms with E-state index in [0.29, 0.717) is 35.7 Å². The molecule has 34 heavy (non-hydrogen) atoms. The van der Waals surface area contributed by atoms with Crippen LogP contribution in [0.4, 0.5) is 0 Å². The lowest BCUT2D eigenvalue weighted by Gasteiger charge is -2.25. The van der Waals surface area contributed by atoms with E-state index in [1.807, 2.05) is 37.3 Å². The molecular weight excluding hydrogens is 474 g/mol. The average molecular weight is 498 g/mol. The van der Waals surface area contributed by atoms with Crippen molar-refractivity contribution in [2.75, 3.05) is 13.1 Å². The Kier molecular flexibility index (Phi) is 6.48. The predicted octanol–water partition coefficient (Wildman–Crippen LogP) is 4.81. The van der Waals surface area contributed by atoms with Gasteiger partial charge in [-0.1, -0.05) is 42.4 Å². The first-order valence-corrected chi connectivity index (χ1v) is 13.3. The molecule has 0 bridgehead atoms. The number of nitrogens with zero attached hydrogens (tertiary/aromatic N) is 5. The minimum absolute atomic E-state index is 0.218. The Labute approximate surface area is 201 Å². The fraction of sp³-hybridized carbons (Fsp3) is 0.304. The molecule has 0 spiro atoms. The van der Waals surface area contributed by atoms with Gasteiger partial charge in [-0.25, -0.2) is 8.42 Å². The molecule has 2 aromatic heterocycles. The van der Waals surface area contributed by atoms with Crippen molar-refractivity contribution in [1.29, 1.82) is 0 Å². The SMILES string of the molecule is CC(Sc1nnc(-c2cccc(S(=O)(=O)N3CCCCC3)c2)o1)c1nnc(-c2ccccc2)o1. The molecule has 0 N–H and O–H groups in total. The molecule has 0 saturated carbocycles. The molecule has 1 aliphatic rings. The van der Waals surface area contributed by atoms with Gasteiger partial charge in [0.2, 0.25) is 27.7 Å². The summed E-state index contributed by atoms with van der Waals surface area (Å²) >= 11 is 1.29. The molecular formula is C23H23N5O4S2. The second-order valence-corrected chi connectivity index (χ2v) is 11.2. The number of aromatic nitrogens is 4. The monoisotopic (exact) mass is 497 g/mol. The van der Waals surface area contributed by atoms with E-state index < -0.39 is 10.0 Å². The molecule has 1 fully saturated rings. The summed E-state index contributed by atoms with van der Waals surface area (Å²) in [6.45, 7) is 3.00. The van der Waals surface area contributed by atoms with E-state index in [1.165, 1.54) is 11.8 Å².